The molecule has 0 aromatic heterocycles. The van der Waals surface area contributed by atoms with E-state index in [1.54, 1.807) is 12.1 Å². The quantitative estimate of drug-likeness (QED) is 0.787. The zero-order valence-electron chi connectivity index (χ0n) is 14.8. The lowest BCUT2D eigenvalue weighted by Crippen LogP contribution is -2.56. The van der Waals surface area contributed by atoms with Gasteiger partial charge in [-0.2, -0.15) is 13.2 Å². The van der Waals surface area contributed by atoms with E-state index in [2.05, 4.69) is 10.6 Å². The summed E-state index contributed by atoms with van der Waals surface area (Å²) >= 11 is 0. The number of carbonyl (C=O) groups excluding carboxylic acids is 2. The molecule has 0 saturated heterocycles. The molecule has 0 fully saturated rings. The number of halogens is 3. The summed E-state index contributed by atoms with van der Waals surface area (Å²) in [7, 11) is 1.37. The van der Waals surface area contributed by atoms with Crippen LogP contribution >= 0.6 is 0 Å². The van der Waals surface area contributed by atoms with Crippen molar-refractivity contribution in [3.8, 4) is 0 Å². The van der Waals surface area contributed by atoms with Crippen LogP contribution in [-0.4, -0.2) is 48.6 Å². The first-order valence-electron chi connectivity index (χ1n) is 7.90. The molecule has 1 atom stereocenters. The van der Waals surface area contributed by atoms with Crippen LogP contribution in [0.3, 0.4) is 0 Å². The number of anilines is 1. The lowest BCUT2D eigenvalue weighted by molar-refractivity contribution is -0.192. The van der Waals surface area contributed by atoms with Gasteiger partial charge in [0.1, 0.15) is 5.54 Å². The smallest absolute Gasteiger partial charge is 0.335 e. The van der Waals surface area contributed by atoms with Gasteiger partial charge in [0, 0.05) is 12.7 Å². The Kier molecular flexibility index (Phi) is 6.98. The van der Waals surface area contributed by atoms with E-state index in [-0.39, 0.29) is 13.0 Å². The molecule has 2 N–H and O–H groups in total. The highest BCUT2D eigenvalue weighted by Crippen LogP contribution is 2.32. The third-order valence-corrected chi connectivity index (χ3v) is 4.10. The summed E-state index contributed by atoms with van der Waals surface area (Å²) in [6.07, 6.45) is -4.68. The minimum atomic E-state index is -4.47. The zero-order valence-corrected chi connectivity index (χ0v) is 14.8. The van der Waals surface area contributed by atoms with Crippen molar-refractivity contribution < 1.29 is 22.8 Å². The fraction of sp³-hybridized carbons (Fsp3) is 0.529. The minimum absolute atomic E-state index is 0.207. The molecule has 0 saturated carbocycles. The predicted molar refractivity (Wildman–Crippen MR) is 90.2 cm³/mol. The third-order valence-electron chi connectivity index (χ3n) is 4.10. The molecule has 1 rings (SSSR count). The molecule has 0 aliphatic carbocycles. The largest absolute Gasteiger partial charge is 0.406 e. The van der Waals surface area contributed by atoms with Crippen LogP contribution < -0.4 is 10.6 Å². The molecule has 0 radical (unpaired) electrons. The van der Waals surface area contributed by atoms with Crippen LogP contribution in [0.5, 0.6) is 0 Å². The molecule has 0 unspecified atom stereocenters. The van der Waals surface area contributed by atoms with Gasteiger partial charge in [-0.1, -0.05) is 24.6 Å². The number of nitrogens with zero attached hydrogens (tertiary/aromatic N) is 1. The number of likely N-dealkylation sites (N-methyl/N-ethyl adjacent to an activating group) is 1. The number of hydrogen-bond donors (Lipinski definition) is 2. The molecule has 2 amide bonds. The van der Waals surface area contributed by atoms with Gasteiger partial charge < -0.3 is 10.2 Å². The van der Waals surface area contributed by atoms with Crippen molar-refractivity contribution in [1.29, 1.82) is 0 Å². The number of amides is 2. The second kappa shape index (κ2) is 8.33. The monoisotopic (exact) mass is 359 g/mol. The fourth-order valence-corrected chi connectivity index (χ4v) is 1.97. The van der Waals surface area contributed by atoms with Crippen molar-refractivity contribution in [3.05, 3.63) is 29.8 Å². The minimum Gasteiger partial charge on any atom is -0.335 e. The van der Waals surface area contributed by atoms with Crippen molar-refractivity contribution in [2.75, 3.05) is 25.5 Å². The Morgan fingerprint density at radius 2 is 1.72 bits per heavy atom. The van der Waals surface area contributed by atoms with Crippen LogP contribution in [0.25, 0.3) is 0 Å². The first-order valence-corrected chi connectivity index (χ1v) is 7.90. The highest BCUT2D eigenvalue weighted by Gasteiger charge is 2.49. The van der Waals surface area contributed by atoms with E-state index in [1.165, 1.54) is 14.0 Å². The van der Waals surface area contributed by atoms with Crippen molar-refractivity contribution in [1.82, 2.24) is 10.2 Å². The van der Waals surface area contributed by atoms with E-state index in [1.807, 2.05) is 19.1 Å². The van der Waals surface area contributed by atoms with Gasteiger partial charge in [-0.3, -0.25) is 14.9 Å². The maximum atomic E-state index is 13.0. The molecule has 1 aromatic rings. The predicted octanol–water partition coefficient (Wildman–Crippen LogP) is 2.71. The highest BCUT2D eigenvalue weighted by atomic mass is 19.4. The molecule has 0 aliphatic heterocycles. The van der Waals surface area contributed by atoms with Gasteiger partial charge >= 0.3 is 6.18 Å². The van der Waals surface area contributed by atoms with Gasteiger partial charge in [0.15, 0.2) is 0 Å². The van der Waals surface area contributed by atoms with Gasteiger partial charge in [-0.05, 0) is 32.4 Å². The number of carbonyl (C=O) groups is 2. The molecule has 5 nitrogen and oxygen atoms in total. The zero-order chi connectivity index (χ0) is 19.3. The van der Waals surface area contributed by atoms with Crippen LogP contribution in [0.1, 0.15) is 25.8 Å². The van der Waals surface area contributed by atoms with E-state index >= 15 is 0 Å². The molecule has 140 valence electrons. The van der Waals surface area contributed by atoms with Crippen molar-refractivity contribution in [2.45, 2.75) is 38.9 Å². The van der Waals surface area contributed by atoms with Gasteiger partial charge in [0.2, 0.25) is 11.8 Å². The van der Waals surface area contributed by atoms with Crippen molar-refractivity contribution in [2.24, 2.45) is 0 Å². The Hall–Kier alpha value is -2.09. The Bertz CT molecular complexity index is 602. The van der Waals surface area contributed by atoms with E-state index in [0.717, 1.165) is 17.4 Å². The summed E-state index contributed by atoms with van der Waals surface area (Å²) < 4.78 is 39.0. The van der Waals surface area contributed by atoms with E-state index in [4.69, 9.17) is 0 Å². The molecule has 1 aromatic carbocycles. The number of hydrogen-bond acceptors (Lipinski definition) is 3. The maximum Gasteiger partial charge on any atom is 0.406 e. The van der Waals surface area contributed by atoms with Gasteiger partial charge in [-0.15, -0.1) is 0 Å². The van der Waals surface area contributed by atoms with Gasteiger partial charge in [-0.25, -0.2) is 0 Å². The summed E-state index contributed by atoms with van der Waals surface area (Å²) in [4.78, 5) is 25.0. The number of aryl methyl sites for hydroxylation is 1. The standard InChI is InChI=1S/C17H24F3N3O2/c1-5-16(3,17(18,19)20)21-10-15(25)23(4)11-14(24)22-13-8-6-12(2)7-9-13/h6-9,21H,5,10-11H2,1-4H3,(H,22,24)/t16-/m1/s1. The normalized spacial score (nSPS) is 13.9. The second-order valence-electron chi connectivity index (χ2n) is 6.20. The molecule has 0 aliphatic rings. The van der Waals surface area contributed by atoms with E-state index < -0.39 is 30.1 Å². The second-order valence-corrected chi connectivity index (χ2v) is 6.20. The van der Waals surface area contributed by atoms with Crippen molar-refractivity contribution >= 4 is 17.5 Å². The lowest BCUT2D eigenvalue weighted by Gasteiger charge is -2.32. The highest BCUT2D eigenvalue weighted by molar-refractivity contribution is 5.94. The summed E-state index contributed by atoms with van der Waals surface area (Å²) in [6, 6.07) is 7.12. The molecule has 0 spiro atoms. The van der Waals surface area contributed by atoms with Crippen LogP contribution in [0, 0.1) is 6.92 Å². The maximum absolute atomic E-state index is 13.0. The molecule has 25 heavy (non-hydrogen) atoms. The van der Waals surface area contributed by atoms with Gasteiger partial charge in [0.25, 0.3) is 0 Å². The number of rotatable bonds is 7. The summed E-state index contributed by atoms with van der Waals surface area (Å²) in [5.74, 6) is -1.02. The number of nitrogens with one attached hydrogen (secondary N) is 2. The summed E-state index contributed by atoms with van der Waals surface area (Å²) in [6.45, 7) is 3.56. The SMILES string of the molecule is CC[C@@](C)(NCC(=O)N(C)CC(=O)Nc1ccc(C)cc1)C(F)(F)F. The van der Waals surface area contributed by atoms with Crippen LogP contribution in [-0.2, 0) is 9.59 Å². The van der Waals surface area contributed by atoms with Crippen LogP contribution in [0.4, 0.5) is 18.9 Å². The number of alkyl halides is 3. The topological polar surface area (TPSA) is 61.4 Å². The van der Waals surface area contributed by atoms with E-state index in [0.29, 0.717) is 5.69 Å². The Morgan fingerprint density at radius 1 is 1.16 bits per heavy atom. The first-order chi connectivity index (χ1) is 11.5. The fourth-order valence-electron chi connectivity index (χ4n) is 1.97. The molecular weight excluding hydrogens is 335 g/mol. The molecule has 8 heteroatoms. The Labute approximate surface area is 145 Å². The number of benzene rings is 1. The molecule has 0 bridgehead atoms. The van der Waals surface area contributed by atoms with Gasteiger partial charge in [0.05, 0.1) is 13.1 Å². The van der Waals surface area contributed by atoms with E-state index in [9.17, 15) is 22.8 Å². The Balaban J connectivity index is 2.53. The molecule has 0 heterocycles. The Morgan fingerprint density at radius 3 is 2.20 bits per heavy atom. The average molecular weight is 359 g/mol. The average Bonchev–Trinajstić information content (AvgIpc) is 2.53. The lowest BCUT2D eigenvalue weighted by atomic mass is 9.98. The third kappa shape index (κ3) is 6.04. The molecular formula is C17H24F3N3O2. The van der Waals surface area contributed by atoms with Crippen LogP contribution in [0.15, 0.2) is 24.3 Å². The van der Waals surface area contributed by atoms with Crippen LogP contribution in [0.2, 0.25) is 0 Å². The summed E-state index contributed by atoms with van der Waals surface area (Å²) in [5, 5.41) is 4.88. The van der Waals surface area contributed by atoms with Crippen molar-refractivity contribution in [3.63, 3.8) is 0 Å². The summed E-state index contributed by atoms with van der Waals surface area (Å²) in [5.41, 5.74) is -0.515. The first kappa shape index (κ1) is 21.0.